The lowest BCUT2D eigenvalue weighted by molar-refractivity contribution is 0.592. The van der Waals surface area contributed by atoms with Crippen molar-refractivity contribution in [2.45, 2.75) is 0 Å². The molecule has 0 unspecified atom stereocenters. The Kier molecular flexibility index (Phi) is 3.76. The molecule has 0 saturated carbocycles. The second-order valence-corrected chi connectivity index (χ2v) is 5.52. The van der Waals surface area contributed by atoms with Crippen molar-refractivity contribution in [1.82, 2.24) is 4.98 Å². The minimum absolute atomic E-state index is 0.435. The van der Waals surface area contributed by atoms with Crippen LogP contribution in [0.25, 0.3) is 11.3 Å². The number of oxazole rings is 1. The van der Waals surface area contributed by atoms with Gasteiger partial charge in [0.05, 0.1) is 6.20 Å². The molecule has 1 heterocycles. The molecule has 0 atom stereocenters. The van der Waals surface area contributed by atoms with Crippen molar-refractivity contribution in [1.29, 1.82) is 0 Å². The second-order valence-electron chi connectivity index (χ2n) is 4.17. The van der Waals surface area contributed by atoms with Crippen molar-refractivity contribution in [3.05, 3.63) is 64.2 Å². The Labute approximate surface area is 129 Å². The molecular weight excluding hydrogens is 340 g/mol. The molecule has 0 aliphatic carbocycles. The molecule has 0 spiro atoms. The monoisotopic (exact) mass is 348 g/mol. The molecular formula is C15H10BrClN2O. The second kappa shape index (κ2) is 5.69. The van der Waals surface area contributed by atoms with Crippen molar-refractivity contribution in [2.75, 3.05) is 5.32 Å². The first-order valence-corrected chi connectivity index (χ1v) is 7.12. The number of rotatable bonds is 3. The topological polar surface area (TPSA) is 38.1 Å². The van der Waals surface area contributed by atoms with Crippen LogP contribution in [0.4, 0.5) is 11.7 Å². The zero-order valence-corrected chi connectivity index (χ0v) is 12.6. The van der Waals surface area contributed by atoms with E-state index < -0.39 is 0 Å². The van der Waals surface area contributed by atoms with Gasteiger partial charge in [0.25, 0.3) is 6.01 Å². The van der Waals surface area contributed by atoms with Crippen LogP contribution in [-0.4, -0.2) is 4.98 Å². The van der Waals surface area contributed by atoms with Gasteiger partial charge < -0.3 is 9.73 Å². The average Bonchev–Trinajstić information content (AvgIpc) is 2.88. The maximum Gasteiger partial charge on any atom is 0.299 e. The molecule has 0 saturated heterocycles. The molecule has 0 fully saturated rings. The molecule has 20 heavy (non-hydrogen) atoms. The molecule has 3 rings (SSSR count). The Morgan fingerprint density at radius 1 is 1.10 bits per heavy atom. The summed E-state index contributed by atoms with van der Waals surface area (Å²) in [5.41, 5.74) is 1.81. The van der Waals surface area contributed by atoms with E-state index in [2.05, 4.69) is 26.2 Å². The van der Waals surface area contributed by atoms with Crippen LogP contribution >= 0.6 is 27.5 Å². The molecule has 0 bridgehead atoms. The molecule has 1 N–H and O–H groups in total. The maximum absolute atomic E-state index is 5.93. The van der Waals surface area contributed by atoms with Gasteiger partial charge in [-0.3, -0.25) is 0 Å². The van der Waals surface area contributed by atoms with Crippen molar-refractivity contribution in [3.8, 4) is 11.3 Å². The highest BCUT2D eigenvalue weighted by atomic mass is 79.9. The molecule has 3 nitrogen and oxygen atoms in total. The number of nitrogens with one attached hydrogen (secondary N) is 1. The Morgan fingerprint density at radius 2 is 1.90 bits per heavy atom. The van der Waals surface area contributed by atoms with E-state index in [1.165, 1.54) is 0 Å². The van der Waals surface area contributed by atoms with E-state index in [0.29, 0.717) is 16.8 Å². The third-order valence-corrected chi connectivity index (χ3v) is 3.47. The van der Waals surface area contributed by atoms with Crippen molar-refractivity contribution < 1.29 is 4.42 Å². The van der Waals surface area contributed by atoms with Crippen LogP contribution in [0, 0.1) is 0 Å². The SMILES string of the molecule is Clc1cccc(Nc2ncc(-c3ccc(Br)cc3)o2)c1. The summed E-state index contributed by atoms with van der Waals surface area (Å²) in [6.45, 7) is 0. The van der Waals surface area contributed by atoms with E-state index in [9.17, 15) is 0 Å². The smallest absolute Gasteiger partial charge is 0.299 e. The zero-order chi connectivity index (χ0) is 13.9. The van der Waals surface area contributed by atoms with Gasteiger partial charge in [-0.25, -0.2) is 4.98 Å². The number of anilines is 2. The fraction of sp³-hybridized carbons (Fsp3) is 0. The average molecular weight is 350 g/mol. The van der Waals surface area contributed by atoms with Crippen LogP contribution in [0.2, 0.25) is 5.02 Å². The Balaban J connectivity index is 1.82. The van der Waals surface area contributed by atoms with Crippen LogP contribution in [0.3, 0.4) is 0 Å². The van der Waals surface area contributed by atoms with Crippen LogP contribution in [0.1, 0.15) is 0 Å². The summed E-state index contributed by atoms with van der Waals surface area (Å²) < 4.78 is 6.70. The molecule has 1 aromatic heterocycles. The highest BCUT2D eigenvalue weighted by molar-refractivity contribution is 9.10. The van der Waals surface area contributed by atoms with Crippen molar-refractivity contribution >= 4 is 39.2 Å². The van der Waals surface area contributed by atoms with Gasteiger partial charge in [-0.05, 0) is 30.3 Å². The standard InChI is InChI=1S/C15H10BrClN2O/c16-11-6-4-10(5-7-11)14-9-18-15(20-14)19-13-3-1-2-12(17)8-13/h1-9H,(H,18,19). The largest absolute Gasteiger partial charge is 0.423 e. The molecule has 0 aliphatic rings. The highest BCUT2D eigenvalue weighted by Gasteiger charge is 2.06. The summed E-state index contributed by atoms with van der Waals surface area (Å²) in [4.78, 5) is 4.21. The van der Waals surface area contributed by atoms with Crippen molar-refractivity contribution in [2.24, 2.45) is 0 Å². The van der Waals surface area contributed by atoms with Crippen LogP contribution < -0.4 is 5.32 Å². The lowest BCUT2D eigenvalue weighted by Gasteiger charge is -2.01. The van der Waals surface area contributed by atoms with Crippen molar-refractivity contribution in [3.63, 3.8) is 0 Å². The predicted molar refractivity (Wildman–Crippen MR) is 84.4 cm³/mol. The number of benzene rings is 2. The third-order valence-electron chi connectivity index (χ3n) is 2.71. The summed E-state index contributed by atoms with van der Waals surface area (Å²) in [7, 11) is 0. The molecule has 5 heteroatoms. The molecule has 0 aliphatic heterocycles. The van der Waals surface area contributed by atoms with E-state index in [4.69, 9.17) is 16.0 Å². The fourth-order valence-electron chi connectivity index (χ4n) is 1.77. The molecule has 0 amide bonds. The minimum atomic E-state index is 0.435. The van der Waals surface area contributed by atoms with Gasteiger partial charge in [-0.15, -0.1) is 0 Å². The molecule has 2 aromatic carbocycles. The summed E-state index contributed by atoms with van der Waals surface area (Å²) in [6.07, 6.45) is 1.69. The first kappa shape index (κ1) is 13.2. The number of nitrogens with zero attached hydrogens (tertiary/aromatic N) is 1. The summed E-state index contributed by atoms with van der Waals surface area (Å²) in [5, 5.41) is 3.74. The summed E-state index contributed by atoms with van der Waals surface area (Å²) >= 11 is 9.33. The zero-order valence-electron chi connectivity index (χ0n) is 10.3. The quantitative estimate of drug-likeness (QED) is 0.678. The first-order chi connectivity index (χ1) is 9.70. The highest BCUT2D eigenvalue weighted by Crippen LogP contribution is 2.26. The molecule has 3 aromatic rings. The number of halogens is 2. The van der Waals surface area contributed by atoms with E-state index in [1.54, 1.807) is 6.20 Å². The maximum atomic E-state index is 5.93. The van der Waals surface area contributed by atoms with Crippen LogP contribution in [-0.2, 0) is 0 Å². The van der Waals surface area contributed by atoms with Gasteiger partial charge >= 0.3 is 0 Å². The third kappa shape index (κ3) is 3.03. The Morgan fingerprint density at radius 3 is 2.65 bits per heavy atom. The number of hydrogen-bond acceptors (Lipinski definition) is 3. The summed E-state index contributed by atoms with van der Waals surface area (Å²) in [6, 6.07) is 15.7. The van der Waals surface area contributed by atoms with E-state index >= 15 is 0 Å². The van der Waals surface area contributed by atoms with Gasteiger partial charge in [0.15, 0.2) is 5.76 Å². The van der Waals surface area contributed by atoms with Gasteiger partial charge in [0, 0.05) is 20.7 Å². The fourth-order valence-corrected chi connectivity index (χ4v) is 2.22. The van der Waals surface area contributed by atoms with E-state index in [1.807, 2.05) is 48.5 Å². The lowest BCUT2D eigenvalue weighted by atomic mass is 10.2. The van der Waals surface area contributed by atoms with Crippen LogP contribution in [0.5, 0.6) is 0 Å². The minimum Gasteiger partial charge on any atom is -0.423 e. The lowest BCUT2D eigenvalue weighted by Crippen LogP contribution is -1.89. The Hall–Kier alpha value is -1.78. The number of hydrogen-bond donors (Lipinski definition) is 1. The normalized spacial score (nSPS) is 10.5. The van der Waals surface area contributed by atoms with Gasteiger partial charge in [0.1, 0.15) is 0 Å². The molecule has 0 radical (unpaired) electrons. The molecule has 100 valence electrons. The van der Waals surface area contributed by atoms with Gasteiger partial charge in [-0.2, -0.15) is 0 Å². The summed E-state index contributed by atoms with van der Waals surface area (Å²) in [5.74, 6) is 0.710. The Bertz CT molecular complexity index is 725. The van der Waals surface area contributed by atoms with Gasteiger partial charge in [0.2, 0.25) is 0 Å². The van der Waals surface area contributed by atoms with Crippen LogP contribution in [0.15, 0.2) is 63.6 Å². The van der Waals surface area contributed by atoms with E-state index in [-0.39, 0.29) is 0 Å². The number of aromatic nitrogens is 1. The first-order valence-electron chi connectivity index (χ1n) is 5.95. The van der Waals surface area contributed by atoms with E-state index in [0.717, 1.165) is 15.7 Å². The predicted octanol–water partition coefficient (Wildman–Crippen LogP) is 5.50. The van der Waals surface area contributed by atoms with Gasteiger partial charge in [-0.1, -0.05) is 45.7 Å².